The van der Waals surface area contributed by atoms with E-state index in [1.807, 2.05) is 76.3 Å². The van der Waals surface area contributed by atoms with Crippen molar-refractivity contribution in [2.75, 3.05) is 0 Å². The monoisotopic (exact) mass is 682 g/mol. The molecule has 4 atom stereocenters. The van der Waals surface area contributed by atoms with Gasteiger partial charge in [0.05, 0.1) is 0 Å². The molecule has 0 amide bonds. The number of Topliss-reactive ketones (excluding diaryl/α,β-unsaturated/α-hetero) is 2. The fraction of sp³-hybridized carbons (Fsp3) is 0.455. The summed E-state index contributed by atoms with van der Waals surface area (Å²) in [6.45, 7) is 23.0. The Balaban J connectivity index is 1.95. The molecular formula is C44H58O6. The molecule has 0 aromatic rings. The van der Waals surface area contributed by atoms with Crippen molar-refractivity contribution in [3.63, 3.8) is 0 Å². The average molecular weight is 683 g/mol. The summed E-state index contributed by atoms with van der Waals surface area (Å²) in [5, 5.41) is 0. The van der Waals surface area contributed by atoms with E-state index in [9.17, 15) is 19.2 Å². The van der Waals surface area contributed by atoms with Gasteiger partial charge in [-0.05, 0) is 68.9 Å². The maximum absolute atomic E-state index is 12.8. The molecular weight excluding hydrogens is 624 g/mol. The molecule has 2 aliphatic carbocycles. The number of hydrogen-bond acceptors (Lipinski definition) is 6. The molecule has 0 saturated heterocycles. The third-order valence-electron chi connectivity index (χ3n) is 9.37. The van der Waals surface area contributed by atoms with E-state index in [0.29, 0.717) is 18.4 Å². The van der Waals surface area contributed by atoms with Gasteiger partial charge in [0, 0.05) is 26.2 Å². The van der Waals surface area contributed by atoms with Crippen molar-refractivity contribution in [3.8, 4) is 0 Å². The minimum Gasteiger partial charge on any atom is -0.455 e. The number of allylic oxidation sites excluding steroid dienone is 19. The zero-order valence-corrected chi connectivity index (χ0v) is 32.3. The van der Waals surface area contributed by atoms with E-state index in [4.69, 9.17) is 9.47 Å². The summed E-state index contributed by atoms with van der Waals surface area (Å²) < 4.78 is 10.6. The van der Waals surface area contributed by atoms with Crippen molar-refractivity contribution in [1.29, 1.82) is 0 Å². The molecule has 6 heteroatoms. The van der Waals surface area contributed by atoms with E-state index in [1.54, 1.807) is 6.92 Å². The van der Waals surface area contributed by atoms with E-state index in [1.165, 1.54) is 13.8 Å². The summed E-state index contributed by atoms with van der Waals surface area (Å²) in [5.74, 6) is -1.15. The number of carbonyl (C=O) groups is 4. The molecule has 1 fully saturated rings. The molecule has 0 N–H and O–H groups in total. The van der Waals surface area contributed by atoms with Crippen molar-refractivity contribution >= 4 is 23.5 Å². The topological polar surface area (TPSA) is 86.7 Å². The number of carbonyl (C=O) groups excluding carboxylic acids is 4. The van der Waals surface area contributed by atoms with Crippen LogP contribution in [0.3, 0.4) is 0 Å². The van der Waals surface area contributed by atoms with Gasteiger partial charge in [0.1, 0.15) is 0 Å². The van der Waals surface area contributed by atoms with Crippen LogP contribution in [0.15, 0.2) is 119 Å². The van der Waals surface area contributed by atoms with Crippen molar-refractivity contribution in [2.45, 2.75) is 108 Å². The summed E-state index contributed by atoms with van der Waals surface area (Å²) in [5.41, 5.74) is 5.50. The predicted molar refractivity (Wildman–Crippen MR) is 204 cm³/mol. The predicted octanol–water partition coefficient (Wildman–Crippen LogP) is 9.98. The minimum absolute atomic E-state index is 0.00688. The Kier molecular flexibility index (Phi) is 15.6. The van der Waals surface area contributed by atoms with Crippen molar-refractivity contribution < 1.29 is 28.7 Å². The zero-order valence-electron chi connectivity index (χ0n) is 32.3. The molecule has 2 unspecified atom stereocenters. The first-order valence-electron chi connectivity index (χ1n) is 17.5. The zero-order chi connectivity index (χ0) is 37.8. The van der Waals surface area contributed by atoms with Crippen LogP contribution in [0.5, 0.6) is 0 Å². The average Bonchev–Trinajstić information content (AvgIpc) is 2.99. The van der Waals surface area contributed by atoms with Gasteiger partial charge in [-0.25, -0.2) is 0 Å². The first-order chi connectivity index (χ1) is 23.2. The van der Waals surface area contributed by atoms with Gasteiger partial charge in [-0.3, -0.25) is 19.2 Å². The van der Waals surface area contributed by atoms with E-state index in [0.717, 1.165) is 27.9 Å². The molecule has 6 nitrogen and oxygen atoms in total. The molecule has 1 saturated carbocycles. The van der Waals surface area contributed by atoms with Crippen LogP contribution in [0.4, 0.5) is 0 Å². The Morgan fingerprint density at radius 1 is 0.660 bits per heavy atom. The highest BCUT2D eigenvalue weighted by Crippen LogP contribution is 2.44. The van der Waals surface area contributed by atoms with E-state index < -0.39 is 24.1 Å². The standard InChI is InChI=1S/C44H58O6/c1-29(19-15-21-31(3)23-25-37-33(5)41(47)39(49-35(7)45)27-43(37,9)10)17-13-14-18-30(2)20-16-22-32(4)24-26-38-34(6)42(48)40(50-36(8)46)28-44(38,11)12/h13-26,33,37,39-40H,27-28H2,1-12H3/b14-13+,19-15+,20-16+,25-23+,26-24+,29-17+,30-18+,31-21+,32-22+/t33?,37?,39-,40-/m0/s1. The van der Waals surface area contributed by atoms with E-state index in [-0.39, 0.29) is 34.2 Å². The second kappa shape index (κ2) is 18.6. The Labute approximate surface area is 300 Å². The lowest BCUT2D eigenvalue weighted by molar-refractivity contribution is -0.161. The third kappa shape index (κ3) is 12.9. The molecule has 0 aromatic heterocycles. The van der Waals surface area contributed by atoms with Crippen LogP contribution < -0.4 is 0 Å². The minimum atomic E-state index is -0.718. The molecule has 0 aliphatic heterocycles. The largest absolute Gasteiger partial charge is 0.455 e. The second-order valence-corrected chi connectivity index (χ2v) is 15.0. The second-order valence-electron chi connectivity index (χ2n) is 15.0. The SMILES string of the molecule is CC(=O)O[C@H]1CC(C)(C)C(/C=C/C(C)=C/C=C/C(C)=C/C=C/C=C(C)/C=C/C=C(C)/C=C/C2C(C)C(=O)[C@@H](OC(C)=O)CC2(C)C)=C(C)C1=O. The lowest BCUT2D eigenvalue weighted by Crippen LogP contribution is -2.47. The first-order valence-corrected chi connectivity index (χ1v) is 17.5. The molecule has 2 rings (SSSR count). The van der Waals surface area contributed by atoms with Crippen molar-refractivity contribution in [2.24, 2.45) is 22.7 Å². The van der Waals surface area contributed by atoms with Gasteiger partial charge >= 0.3 is 11.9 Å². The first kappa shape index (κ1) is 41.8. The maximum Gasteiger partial charge on any atom is 0.303 e. The van der Waals surface area contributed by atoms with Gasteiger partial charge in [-0.15, -0.1) is 0 Å². The fourth-order valence-corrected chi connectivity index (χ4v) is 6.59. The van der Waals surface area contributed by atoms with Crippen LogP contribution in [0.1, 0.15) is 95.9 Å². The van der Waals surface area contributed by atoms with Gasteiger partial charge in [0.15, 0.2) is 23.8 Å². The van der Waals surface area contributed by atoms with Gasteiger partial charge in [-0.2, -0.15) is 0 Å². The number of ether oxygens (including phenoxy) is 2. The number of rotatable bonds is 12. The highest BCUT2D eigenvalue weighted by Gasteiger charge is 2.46. The maximum atomic E-state index is 12.8. The Bertz CT molecular complexity index is 1610. The van der Waals surface area contributed by atoms with Crippen LogP contribution in [0.2, 0.25) is 0 Å². The Hall–Kier alpha value is -4.32. The molecule has 0 spiro atoms. The summed E-state index contributed by atoms with van der Waals surface area (Å²) in [7, 11) is 0. The van der Waals surface area contributed by atoms with Crippen LogP contribution in [0, 0.1) is 22.7 Å². The summed E-state index contributed by atoms with van der Waals surface area (Å²) >= 11 is 0. The fourth-order valence-electron chi connectivity index (χ4n) is 6.59. The number of ketones is 2. The lowest BCUT2D eigenvalue weighted by atomic mass is 9.62. The normalized spacial score (nSPS) is 25.6. The molecule has 270 valence electrons. The lowest BCUT2D eigenvalue weighted by Gasteiger charge is -2.43. The molecule has 0 radical (unpaired) electrons. The van der Waals surface area contributed by atoms with Crippen LogP contribution in [-0.4, -0.2) is 35.7 Å². The number of hydrogen-bond donors (Lipinski definition) is 0. The van der Waals surface area contributed by atoms with Crippen LogP contribution >= 0.6 is 0 Å². The highest BCUT2D eigenvalue weighted by atomic mass is 16.5. The highest BCUT2D eigenvalue weighted by molar-refractivity contribution is 6.01. The Morgan fingerprint density at radius 3 is 1.64 bits per heavy atom. The smallest absolute Gasteiger partial charge is 0.303 e. The van der Waals surface area contributed by atoms with Crippen LogP contribution in [-0.2, 0) is 28.7 Å². The molecule has 0 heterocycles. The molecule has 0 aromatic carbocycles. The summed E-state index contributed by atoms with van der Waals surface area (Å²) in [4.78, 5) is 48.4. The van der Waals surface area contributed by atoms with Crippen LogP contribution in [0.25, 0.3) is 0 Å². The quantitative estimate of drug-likeness (QED) is 0.150. The third-order valence-corrected chi connectivity index (χ3v) is 9.37. The molecule has 2 aliphatic rings. The van der Waals surface area contributed by atoms with Gasteiger partial charge in [0.2, 0.25) is 0 Å². The molecule has 50 heavy (non-hydrogen) atoms. The van der Waals surface area contributed by atoms with Gasteiger partial charge in [0.25, 0.3) is 0 Å². The Morgan fingerprint density at radius 2 is 1.12 bits per heavy atom. The number of esters is 2. The van der Waals surface area contributed by atoms with Gasteiger partial charge < -0.3 is 9.47 Å². The van der Waals surface area contributed by atoms with Crippen molar-refractivity contribution in [3.05, 3.63) is 119 Å². The summed E-state index contributed by atoms with van der Waals surface area (Å²) in [6.07, 6.45) is 28.2. The molecule has 0 bridgehead atoms. The van der Waals surface area contributed by atoms with Gasteiger partial charge in [-0.1, -0.05) is 142 Å². The summed E-state index contributed by atoms with van der Waals surface area (Å²) in [6, 6.07) is 0. The van der Waals surface area contributed by atoms with Crippen molar-refractivity contribution in [1.82, 2.24) is 0 Å². The van der Waals surface area contributed by atoms with E-state index >= 15 is 0 Å². The van der Waals surface area contributed by atoms with E-state index in [2.05, 4.69) is 71.1 Å².